The highest BCUT2D eigenvalue weighted by molar-refractivity contribution is 7.89. The Hall–Kier alpha value is -0.130. The van der Waals surface area contributed by atoms with Crippen molar-refractivity contribution in [2.75, 3.05) is 12.8 Å². The van der Waals surface area contributed by atoms with E-state index in [1.54, 1.807) is 4.31 Å². The number of aliphatic hydroxyl groups is 1. The van der Waals surface area contributed by atoms with Gasteiger partial charge in [-0.05, 0) is 30.6 Å². The minimum atomic E-state index is -2.62. The summed E-state index contributed by atoms with van der Waals surface area (Å²) in [6, 6.07) is 0.0220. The van der Waals surface area contributed by atoms with Gasteiger partial charge in [0, 0.05) is 12.8 Å². The second-order valence-corrected chi connectivity index (χ2v) is 7.11. The molecule has 80 valence electrons. The van der Waals surface area contributed by atoms with Gasteiger partial charge in [0.2, 0.25) is 0 Å². The van der Waals surface area contributed by atoms with Gasteiger partial charge >= 0.3 is 0 Å². The predicted molar refractivity (Wildman–Crippen MR) is 53.0 cm³/mol. The Morgan fingerprint density at radius 2 is 2.14 bits per heavy atom. The maximum atomic E-state index is 11.7. The number of nitrogens with zero attached hydrogens (tertiary/aromatic N) is 1. The Bertz CT molecular complexity index is 365. The summed E-state index contributed by atoms with van der Waals surface area (Å²) in [7, 11) is -2.62. The number of aliphatic hydroxyl groups excluding tert-OH is 1. The molecule has 2 bridgehead atoms. The van der Waals surface area contributed by atoms with Crippen molar-refractivity contribution in [2.24, 2.45) is 17.8 Å². The first-order valence-electron chi connectivity index (χ1n) is 5.17. The highest BCUT2D eigenvalue weighted by Gasteiger charge is 2.60. The Morgan fingerprint density at radius 1 is 1.43 bits per heavy atom. The lowest BCUT2D eigenvalue weighted by Gasteiger charge is -2.28. The fraction of sp³-hybridized carbons (Fsp3) is 1.00. The molecule has 1 saturated heterocycles. The molecule has 4 nitrogen and oxygen atoms in total. The van der Waals surface area contributed by atoms with E-state index in [9.17, 15) is 9.32 Å². The number of hydrogen-bond donors (Lipinski definition) is 2. The van der Waals surface area contributed by atoms with Gasteiger partial charge < -0.3 is 5.11 Å². The minimum absolute atomic E-state index is 0.0220. The van der Waals surface area contributed by atoms with Gasteiger partial charge in [0.05, 0.1) is 12.1 Å². The molecule has 1 heterocycles. The summed E-state index contributed by atoms with van der Waals surface area (Å²) in [5, 5.41) is 9.99. The van der Waals surface area contributed by atoms with E-state index in [1.165, 1.54) is 6.26 Å². The normalized spacial score (nSPS) is 55.1. The first-order chi connectivity index (χ1) is 6.48. The zero-order chi connectivity index (χ0) is 10.1. The van der Waals surface area contributed by atoms with E-state index in [1.807, 2.05) is 0 Å². The molecule has 0 aromatic heterocycles. The van der Waals surface area contributed by atoms with Crippen molar-refractivity contribution in [1.82, 2.24) is 4.31 Å². The summed E-state index contributed by atoms with van der Waals surface area (Å²) in [4.78, 5) is 0. The molecule has 3 aliphatic rings. The standard InChI is InChI=1S/C9H16N2O2S/c1-14(10,13)11-4-6-2-5-3-7(6)8(11)9(5)12/h5-10,12H,2-4H2,1H3. The summed E-state index contributed by atoms with van der Waals surface area (Å²) in [5.74, 6) is 1.53. The van der Waals surface area contributed by atoms with Crippen LogP contribution in [0.15, 0.2) is 0 Å². The molecule has 0 amide bonds. The van der Waals surface area contributed by atoms with Crippen LogP contribution in [0, 0.1) is 22.5 Å². The lowest BCUT2D eigenvalue weighted by molar-refractivity contribution is 0.0739. The third-order valence-electron chi connectivity index (χ3n) is 4.25. The minimum Gasteiger partial charge on any atom is -0.391 e. The molecule has 3 fully saturated rings. The van der Waals surface area contributed by atoms with Crippen LogP contribution in [0.2, 0.25) is 0 Å². The van der Waals surface area contributed by atoms with Crippen LogP contribution in [0.4, 0.5) is 0 Å². The fourth-order valence-electron chi connectivity index (χ4n) is 3.75. The molecule has 2 aliphatic carbocycles. The van der Waals surface area contributed by atoms with Crippen LogP contribution in [0.5, 0.6) is 0 Å². The maximum absolute atomic E-state index is 11.7. The van der Waals surface area contributed by atoms with Crippen LogP contribution in [0.25, 0.3) is 0 Å². The van der Waals surface area contributed by atoms with Crippen LogP contribution in [0.1, 0.15) is 12.8 Å². The maximum Gasteiger partial charge on any atom is 0.105 e. The van der Waals surface area contributed by atoms with Crippen LogP contribution in [-0.4, -0.2) is 38.6 Å². The van der Waals surface area contributed by atoms with Gasteiger partial charge in [-0.2, -0.15) is 0 Å². The summed E-state index contributed by atoms with van der Waals surface area (Å²) < 4.78 is 21.1. The van der Waals surface area contributed by atoms with Gasteiger partial charge in [0.1, 0.15) is 9.92 Å². The summed E-state index contributed by atoms with van der Waals surface area (Å²) in [6.07, 6.45) is 3.30. The van der Waals surface area contributed by atoms with Gasteiger partial charge in [-0.25, -0.2) is 13.3 Å². The van der Waals surface area contributed by atoms with Gasteiger partial charge in [0.25, 0.3) is 0 Å². The van der Waals surface area contributed by atoms with Crippen molar-refractivity contribution >= 4 is 9.92 Å². The van der Waals surface area contributed by atoms with Crippen molar-refractivity contribution < 1.29 is 9.32 Å². The molecule has 2 N–H and O–H groups in total. The molecule has 0 radical (unpaired) electrons. The predicted octanol–water partition coefficient (Wildman–Crippen LogP) is 0.279. The molecule has 14 heavy (non-hydrogen) atoms. The first kappa shape index (κ1) is 9.12. The topological polar surface area (TPSA) is 64.4 Å². The van der Waals surface area contributed by atoms with Crippen LogP contribution in [0.3, 0.4) is 0 Å². The van der Waals surface area contributed by atoms with E-state index in [4.69, 9.17) is 4.78 Å². The molecule has 0 aromatic carbocycles. The first-order valence-corrected chi connectivity index (χ1v) is 7.09. The fourth-order valence-corrected chi connectivity index (χ4v) is 4.97. The molecule has 2 saturated carbocycles. The van der Waals surface area contributed by atoms with Gasteiger partial charge in [0.15, 0.2) is 0 Å². The van der Waals surface area contributed by atoms with E-state index < -0.39 is 9.92 Å². The smallest absolute Gasteiger partial charge is 0.105 e. The molecule has 5 heteroatoms. The Morgan fingerprint density at radius 3 is 2.71 bits per heavy atom. The summed E-state index contributed by atoms with van der Waals surface area (Å²) in [5.41, 5.74) is 0. The third kappa shape index (κ3) is 0.978. The average molecular weight is 216 g/mol. The van der Waals surface area contributed by atoms with Crippen LogP contribution >= 0.6 is 0 Å². The third-order valence-corrected chi connectivity index (χ3v) is 5.54. The van der Waals surface area contributed by atoms with Crippen molar-refractivity contribution in [2.45, 2.75) is 25.0 Å². The van der Waals surface area contributed by atoms with Gasteiger partial charge in [-0.15, -0.1) is 0 Å². The van der Waals surface area contributed by atoms with Crippen molar-refractivity contribution in [3.63, 3.8) is 0 Å². The highest BCUT2D eigenvalue weighted by Crippen LogP contribution is 2.55. The van der Waals surface area contributed by atoms with Crippen LogP contribution < -0.4 is 0 Å². The zero-order valence-electron chi connectivity index (χ0n) is 8.22. The molecule has 3 rings (SSSR count). The highest BCUT2D eigenvalue weighted by atomic mass is 32.2. The van der Waals surface area contributed by atoms with E-state index in [-0.39, 0.29) is 12.1 Å². The quantitative estimate of drug-likeness (QED) is 0.661. The van der Waals surface area contributed by atoms with E-state index in [2.05, 4.69) is 0 Å². The monoisotopic (exact) mass is 216 g/mol. The second-order valence-electron chi connectivity index (χ2n) is 5.04. The van der Waals surface area contributed by atoms with Gasteiger partial charge in [-0.1, -0.05) is 0 Å². The van der Waals surface area contributed by atoms with Crippen molar-refractivity contribution in [1.29, 1.82) is 4.78 Å². The molecule has 6 atom stereocenters. The zero-order valence-corrected chi connectivity index (χ0v) is 9.04. The van der Waals surface area contributed by atoms with Crippen molar-refractivity contribution in [3.05, 3.63) is 0 Å². The lowest BCUT2D eigenvalue weighted by Crippen LogP contribution is -2.42. The number of fused-ring (bicyclic) bond motifs is 1. The molecular formula is C9H16N2O2S. The number of nitrogens with one attached hydrogen (secondary N) is 1. The number of hydrogen-bond acceptors (Lipinski definition) is 3. The SMILES string of the molecule is CS(=N)(=O)N1CC2CC3CC2C1C3O. The molecule has 1 aliphatic heterocycles. The molecule has 0 spiro atoms. The molecule has 0 aromatic rings. The number of rotatable bonds is 1. The Balaban J connectivity index is 2.00. The summed E-state index contributed by atoms with van der Waals surface area (Å²) in [6.45, 7) is 0.766. The van der Waals surface area contributed by atoms with E-state index in [0.717, 1.165) is 19.4 Å². The van der Waals surface area contributed by atoms with E-state index in [0.29, 0.717) is 17.8 Å². The molecule has 6 unspecified atom stereocenters. The van der Waals surface area contributed by atoms with Crippen molar-refractivity contribution in [3.8, 4) is 0 Å². The molecular weight excluding hydrogens is 200 g/mol. The lowest BCUT2D eigenvalue weighted by atomic mass is 9.88. The van der Waals surface area contributed by atoms with E-state index >= 15 is 0 Å². The largest absolute Gasteiger partial charge is 0.391 e. The summed E-state index contributed by atoms with van der Waals surface area (Å²) >= 11 is 0. The van der Waals surface area contributed by atoms with Gasteiger partial charge in [-0.3, -0.25) is 0 Å². The van der Waals surface area contributed by atoms with Crippen LogP contribution in [-0.2, 0) is 9.92 Å². The Kier molecular flexibility index (Phi) is 1.64. The average Bonchev–Trinajstić information content (AvgIpc) is 2.58. The Labute approximate surface area is 84.4 Å². The second kappa shape index (κ2) is 2.51.